The van der Waals surface area contributed by atoms with Gasteiger partial charge >= 0.3 is 0 Å². The highest BCUT2D eigenvalue weighted by atomic mass is 127. The van der Waals surface area contributed by atoms with Gasteiger partial charge in [-0.3, -0.25) is 14.5 Å². The van der Waals surface area contributed by atoms with Gasteiger partial charge in [-0.2, -0.15) is 0 Å². The number of imide groups is 1. The topological polar surface area (TPSA) is 65.1 Å². The molecule has 0 saturated carbocycles. The first-order valence-electron chi connectivity index (χ1n) is 10.0. The van der Waals surface area contributed by atoms with E-state index < -0.39 is 0 Å². The van der Waals surface area contributed by atoms with Crippen molar-refractivity contribution in [3.05, 3.63) is 61.0 Å². The van der Waals surface area contributed by atoms with Crippen LogP contribution >= 0.6 is 46.0 Å². The maximum atomic E-state index is 12.6. The van der Waals surface area contributed by atoms with Crippen molar-refractivity contribution < 1.29 is 23.8 Å². The molecule has 0 aromatic heterocycles. The summed E-state index contributed by atoms with van der Waals surface area (Å²) in [5.41, 5.74) is 1.66. The van der Waals surface area contributed by atoms with E-state index in [9.17, 15) is 9.59 Å². The number of methoxy groups -OCH3 is 1. The van der Waals surface area contributed by atoms with Crippen molar-refractivity contribution in [2.24, 2.45) is 0 Å². The molecule has 0 N–H and O–H groups in total. The minimum Gasteiger partial charge on any atom is -0.490 e. The number of ether oxygens (including phenoxy) is 3. The normalized spacial score (nSPS) is 15.0. The van der Waals surface area contributed by atoms with E-state index >= 15 is 0 Å². The van der Waals surface area contributed by atoms with Gasteiger partial charge in [0.1, 0.15) is 6.61 Å². The van der Waals surface area contributed by atoms with Gasteiger partial charge in [0, 0.05) is 23.8 Å². The molecule has 1 saturated heterocycles. The maximum Gasteiger partial charge on any atom is 0.293 e. The second kappa shape index (κ2) is 11.9. The molecule has 2 amide bonds. The molecule has 2 aromatic carbocycles. The monoisotopic (exact) mass is 587 g/mol. The molecule has 1 heterocycles. The number of amides is 2. The van der Waals surface area contributed by atoms with Gasteiger partial charge < -0.3 is 14.2 Å². The number of carbonyl (C=O) groups excluding carboxylic acids is 2. The average Bonchev–Trinajstić information content (AvgIpc) is 3.02. The summed E-state index contributed by atoms with van der Waals surface area (Å²) >= 11 is 9.67. The molecular formula is C23H23ClINO5S. The Morgan fingerprint density at radius 1 is 1.16 bits per heavy atom. The number of hydrogen-bond acceptors (Lipinski definition) is 6. The van der Waals surface area contributed by atoms with Gasteiger partial charge in [-0.05, 0) is 89.2 Å². The lowest BCUT2D eigenvalue weighted by Crippen LogP contribution is -2.29. The zero-order valence-electron chi connectivity index (χ0n) is 17.7. The molecule has 0 spiro atoms. The van der Waals surface area contributed by atoms with Gasteiger partial charge in [0.25, 0.3) is 11.1 Å². The number of hydrogen-bond donors (Lipinski definition) is 0. The zero-order valence-corrected chi connectivity index (χ0v) is 21.5. The Balaban J connectivity index is 1.80. The molecule has 0 atom stereocenters. The Hall–Kier alpha value is -1.75. The van der Waals surface area contributed by atoms with Crippen LogP contribution in [-0.4, -0.2) is 42.9 Å². The van der Waals surface area contributed by atoms with Gasteiger partial charge in [-0.15, -0.1) is 0 Å². The second-order valence-corrected chi connectivity index (χ2v) is 9.50. The fourth-order valence-corrected chi connectivity index (χ4v) is 4.52. The lowest BCUT2D eigenvalue weighted by Gasteiger charge is -2.15. The summed E-state index contributed by atoms with van der Waals surface area (Å²) in [5.74, 6) is 0.609. The molecule has 32 heavy (non-hydrogen) atoms. The minimum atomic E-state index is -0.316. The van der Waals surface area contributed by atoms with Crippen LogP contribution in [0.4, 0.5) is 4.79 Å². The van der Waals surface area contributed by atoms with Crippen LogP contribution in [-0.2, 0) is 16.1 Å². The summed E-state index contributed by atoms with van der Waals surface area (Å²) in [6.45, 7) is 3.45. The number of nitrogens with zero attached hydrogens (tertiary/aromatic N) is 1. The maximum absolute atomic E-state index is 12.6. The minimum absolute atomic E-state index is 0.286. The Kier molecular flexibility index (Phi) is 9.27. The molecule has 1 aliphatic heterocycles. The van der Waals surface area contributed by atoms with Crippen LogP contribution in [0.5, 0.6) is 11.5 Å². The van der Waals surface area contributed by atoms with Crippen LogP contribution < -0.4 is 9.47 Å². The van der Waals surface area contributed by atoms with E-state index in [4.69, 9.17) is 25.8 Å². The number of rotatable bonds is 10. The third kappa shape index (κ3) is 6.40. The Morgan fingerprint density at radius 2 is 1.91 bits per heavy atom. The van der Waals surface area contributed by atoms with Crippen LogP contribution in [0.15, 0.2) is 41.3 Å². The highest BCUT2D eigenvalue weighted by Gasteiger charge is 2.34. The molecule has 0 radical (unpaired) electrons. The van der Waals surface area contributed by atoms with Gasteiger partial charge in [-0.25, -0.2) is 0 Å². The van der Waals surface area contributed by atoms with Crippen molar-refractivity contribution in [2.75, 3.05) is 26.9 Å². The first-order valence-corrected chi connectivity index (χ1v) is 12.3. The van der Waals surface area contributed by atoms with Gasteiger partial charge in [0.05, 0.1) is 16.5 Å². The van der Waals surface area contributed by atoms with E-state index in [1.54, 1.807) is 25.3 Å². The lowest BCUT2D eigenvalue weighted by molar-refractivity contribution is -0.122. The molecule has 0 bridgehead atoms. The van der Waals surface area contributed by atoms with Crippen molar-refractivity contribution in [2.45, 2.75) is 20.0 Å². The molecule has 9 heteroatoms. The van der Waals surface area contributed by atoms with Gasteiger partial charge in [0.15, 0.2) is 11.5 Å². The predicted octanol–water partition coefficient (Wildman–Crippen LogP) is 6.00. The summed E-state index contributed by atoms with van der Waals surface area (Å²) in [6, 6.07) is 11.5. The number of thioether (sulfide) groups is 1. The van der Waals surface area contributed by atoms with E-state index in [-0.39, 0.29) is 11.1 Å². The van der Waals surface area contributed by atoms with Gasteiger partial charge in [0.2, 0.25) is 0 Å². The molecule has 1 aliphatic rings. The van der Waals surface area contributed by atoms with E-state index in [0.29, 0.717) is 59.8 Å². The third-order valence-electron chi connectivity index (χ3n) is 4.53. The number of carbonyl (C=O) groups is 2. The summed E-state index contributed by atoms with van der Waals surface area (Å²) < 4.78 is 17.8. The Bertz CT molecular complexity index is 1010. The first-order chi connectivity index (χ1) is 15.4. The molecule has 2 aromatic rings. The molecule has 0 aliphatic carbocycles. The fraction of sp³-hybridized carbons (Fsp3) is 0.304. The molecular weight excluding hydrogens is 565 g/mol. The van der Waals surface area contributed by atoms with E-state index in [2.05, 4.69) is 22.6 Å². The Labute approximate surface area is 210 Å². The summed E-state index contributed by atoms with van der Waals surface area (Å²) in [5, 5.41) is 0.0815. The molecule has 0 unspecified atom stereocenters. The van der Waals surface area contributed by atoms with Crippen LogP contribution in [0.25, 0.3) is 6.08 Å². The number of benzene rings is 2. The SMILES string of the molecule is CCOc1cc(/C=C2/SC(=O)N(CCCOC)C2=O)cc(Cl)c1OCc1ccc(I)cc1. The number of halogens is 2. The molecule has 3 rings (SSSR count). The predicted molar refractivity (Wildman–Crippen MR) is 135 cm³/mol. The molecule has 170 valence electrons. The lowest BCUT2D eigenvalue weighted by atomic mass is 10.1. The van der Waals surface area contributed by atoms with Crippen molar-refractivity contribution >= 4 is 63.2 Å². The van der Waals surface area contributed by atoms with Crippen molar-refractivity contribution in [3.8, 4) is 11.5 Å². The van der Waals surface area contributed by atoms with Crippen LogP contribution in [0, 0.1) is 3.57 Å². The Morgan fingerprint density at radius 3 is 2.59 bits per heavy atom. The van der Waals surface area contributed by atoms with Crippen LogP contribution in [0.2, 0.25) is 5.02 Å². The summed E-state index contributed by atoms with van der Waals surface area (Å²) in [7, 11) is 1.58. The van der Waals surface area contributed by atoms with Crippen molar-refractivity contribution in [1.82, 2.24) is 4.90 Å². The second-order valence-electron chi connectivity index (χ2n) is 6.86. The van der Waals surface area contributed by atoms with E-state index in [0.717, 1.165) is 20.9 Å². The zero-order chi connectivity index (χ0) is 23.1. The van der Waals surface area contributed by atoms with Crippen LogP contribution in [0.3, 0.4) is 0 Å². The van der Waals surface area contributed by atoms with Crippen molar-refractivity contribution in [1.29, 1.82) is 0 Å². The summed E-state index contributed by atoms with van der Waals surface area (Å²) in [6.07, 6.45) is 2.24. The fourth-order valence-electron chi connectivity index (χ4n) is 3.02. The highest BCUT2D eigenvalue weighted by molar-refractivity contribution is 14.1. The van der Waals surface area contributed by atoms with Crippen LogP contribution in [0.1, 0.15) is 24.5 Å². The van der Waals surface area contributed by atoms with E-state index in [1.807, 2.05) is 31.2 Å². The third-order valence-corrected chi connectivity index (χ3v) is 6.44. The standard InChI is InChI=1S/C23H23ClINO5S/c1-3-30-19-12-16(13-20-22(27)26(23(28)32-20)9-4-10-29-2)11-18(24)21(19)31-14-15-5-7-17(25)8-6-15/h5-8,11-13H,3-4,9-10,14H2,1-2H3/b20-13+. The van der Waals surface area contributed by atoms with Gasteiger partial charge in [-0.1, -0.05) is 23.7 Å². The molecule has 6 nitrogen and oxygen atoms in total. The largest absolute Gasteiger partial charge is 0.490 e. The van der Waals surface area contributed by atoms with Crippen molar-refractivity contribution in [3.63, 3.8) is 0 Å². The average molecular weight is 588 g/mol. The highest BCUT2D eigenvalue weighted by Crippen LogP contribution is 2.39. The molecule has 1 fully saturated rings. The summed E-state index contributed by atoms with van der Waals surface area (Å²) in [4.78, 5) is 26.5. The smallest absolute Gasteiger partial charge is 0.293 e. The van der Waals surface area contributed by atoms with E-state index in [1.165, 1.54) is 4.90 Å². The quantitative estimate of drug-likeness (QED) is 0.193. The first kappa shape index (κ1) is 24.9.